The van der Waals surface area contributed by atoms with Gasteiger partial charge in [-0.25, -0.2) is 9.48 Å². The Hall–Kier alpha value is -4.16. The van der Waals surface area contributed by atoms with Crippen molar-refractivity contribution in [2.75, 3.05) is 0 Å². The maximum atomic E-state index is 13.7. The maximum Gasteiger partial charge on any atom is 0.334 e. The third kappa shape index (κ3) is 6.28. The molecule has 1 aliphatic heterocycles. The zero-order valence-electron chi connectivity index (χ0n) is 25.4. The van der Waals surface area contributed by atoms with E-state index < -0.39 is 23.9 Å². The summed E-state index contributed by atoms with van der Waals surface area (Å²) in [6.07, 6.45) is 8.56. The molecule has 2 saturated carbocycles. The number of carbonyl (C=O) groups is 3. The zero-order chi connectivity index (χ0) is 32.4. The van der Waals surface area contributed by atoms with Crippen LogP contribution in [0.5, 0.6) is 0 Å². The summed E-state index contributed by atoms with van der Waals surface area (Å²) in [5.74, 6) is -1.32. The summed E-state index contributed by atoms with van der Waals surface area (Å²) in [7, 11) is 0. The fourth-order valence-corrected chi connectivity index (χ4v) is 6.83. The van der Waals surface area contributed by atoms with Crippen LogP contribution < -0.4 is 5.56 Å². The second-order valence-corrected chi connectivity index (χ2v) is 12.7. The average molecular weight is 666 g/mol. The Bertz CT molecular complexity index is 1720. The van der Waals surface area contributed by atoms with Gasteiger partial charge in [-0.15, -0.1) is 10.2 Å². The van der Waals surface area contributed by atoms with Gasteiger partial charge in [0.25, 0.3) is 17.4 Å². The van der Waals surface area contributed by atoms with Crippen LogP contribution in [0, 0.1) is 6.92 Å². The number of rotatable bonds is 7. The molecule has 3 aromatic rings. The van der Waals surface area contributed by atoms with E-state index in [0.29, 0.717) is 37.1 Å². The molecule has 4 amide bonds. The number of carbonyl (C=O) groups excluding carboxylic acids is 3. The Labute approximate surface area is 275 Å². The van der Waals surface area contributed by atoms with E-state index in [1.165, 1.54) is 26.6 Å². The lowest BCUT2D eigenvalue weighted by molar-refractivity contribution is -0.148. The standard InChI is InChI=1S/C32H34Cl2N8O4/c1-19-27(31(45)42(39-19)22-15-9-4-10-16-22)37-35-25-17-24(34)26(18-23(25)33)36-38-28-29(43)40(20-11-5-2-6-12-20)32(46)41(30(28)44)21-13-7-3-8-14-21/h4,9-10,15-18,20-21,28,39H,2-3,5-8,11-14H2,1H3. The van der Waals surface area contributed by atoms with Crippen molar-refractivity contribution in [3.63, 3.8) is 0 Å². The molecule has 3 fully saturated rings. The Balaban J connectivity index is 1.26. The predicted octanol–water partition coefficient (Wildman–Crippen LogP) is 8.10. The number of nitrogens with zero attached hydrogens (tertiary/aromatic N) is 7. The lowest BCUT2D eigenvalue weighted by Crippen LogP contribution is -2.66. The molecule has 0 spiro atoms. The smallest absolute Gasteiger partial charge is 0.293 e. The molecule has 14 heteroatoms. The highest BCUT2D eigenvalue weighted by Gasteiger charge is 2.51. The number of para-hydroxylation sites is 1. The normalized spacial score (nSPS) is 19.3. The van der Waals surface area contributed by atoms with Crippen molar-refractivity contribution in [3.8, 4) is 5.69 Å². The Morgan fingerprint density at radius 2 is 1.24 bits per heavy atom. The number of amides is 4. The Kier molecular flexibility index (Phi) is 9.46. The van der Waals surface area contributed by atoms with Gasteiger partial charge in [0.05, 0.1) is 21.4 Å². The predicted molar refractivity (Wildman–Crippen MR) is 173 cm³/mol. The van der Waals surface area contributed by atoms with Crippen molar-refractivity contribution in [3.05, 3.63) is 68.6 Å². The molecule has 0 atom stereocenters. The molecule has 0 unspecified atom stereocenters. The van der Waals surface area contributed by atoms with Crippen molar-refractivity contribution >= 4 is 58.1 Å². The summed E-state index contributed by atoms with van der Waals surface area (Å²) < 4.78 is 1.37. The SMILES string of the molecule is Cc1[nH]n(-c2ccccc2)c(=O)c1N=Nc1cc(Cl)c(N=NC2C(=O)N(C3CCCCC3)C(=O)N(C3CCCCC3)C2=O)cc1Cl. The quantitative estimate of drug-likeness (QED) is 0.201. The number of nitrogens with one attached hydrogen (secondary N) is 1. The van der Waals surface area contributed by atoms with E-state index >= 15 is 0 Å². The van der Waals surface area contributed by atoms with Gasteiger partial charge in [0.1, 0.15) is 11.4 Å². The van der Waals surface area contributed by atoms with Gasteiger partial charge in [-0.05, 0) is 56.9 Å². The van der Waals surface area contributed by atoms with Gasteiger partial charge >= 0.3 is 6.03 Å². The fraction of sp³-hybridized carbons (Fsp3) is 0.438. The molecule has 1 aromatic heterocycles. The number of urea groups is 1. The molecule has 3 aliphatic rings. The van der Waals surface area contributed by atoms with E-state index in [1.54, 1.807) is 19.1 Å². The highest BCUT2D eigenvalue weighted by atomic mass is 35.5. The summed E-state index contributed by atoms with van der Waals surface area (Å²) in [4.78, 5) is 56.4. The van der Waals surface area contributed by atoms with E-state index in [9.17, 15) is 19.2 Å². The molecule has 1 N–H and O–H groups in total. The van der Waals surface area contributed by atoms with Gasteiger partial charge in [-0.1, -0.05) is 79.9 Å². The van der Waals surface area contributed by atoms with Crippen LogP contribution >= 0.6 is 23.2 Å². The molecule has 2 aliphatic carbocycles. The van der Waals surface area contributed by atoms with Crippen LogP contribution in [-0.4, -0.2) is 55.6 Å². The van der Waals surface area contributed by atoms with Crippen LogP contribution in [0.15, 0.2) is 67.7 Å². The molecule has 2 heterocycles. The van der Waals surface area contributed by atoms with E-state index in [-0.39, 0.29) is 44.8 Å². The largest absolute Gasteiger partial charge is 0.334 e. The number of azo groups is 2. The zero-order valence-corrected chi connectivity index (χ0v) is 26.9. The first kappa shape index (κ1) is 31.8. The lowest BCUT2D eigenvalue weighted by Gasteiger charge is -2.44. The fourth-order valence-electron chi connectivity index (χ4n) is 6.44. The second kappa shape index (κ2) is 13.7. The number of imide groups is 2. The number of barbiturate groups is 1. The van der Waals surface area contributed by atoms with Crippen LogP contribution in [0.2, 0.25) is 10.0 Å². The number of aromatic nitrogens is 2. The van der Waals surface area contributed by atoms with E-state index in [4.69, 9.17) is 23.2 Å². The van der Waals surface area contributed by atoms with Crippen molar-refractivity contribution in [2.24, 2.45) is 20.5 Å². The van der Waals surface area contributed by atoms with Gasteiger partial charge < -0.3 is 0 Å². The molecule has 240 valence electrons. The summed E-state index contributed by atoms with van der Waals surface area (Å²) in [5.41, 5.74) is 1.17. The molecule has 12 nitrogen and oxygen atoms in total. The molecular formula is C32H34Cl2N8O4. The van der Waals surface area contributed by atoms with E-state index in [2.05, 4.69) is 25.6 Å². The average Bonchev–Trinajstić information content (AvgIpc) is 3.35. The summed E-state index contributed by atoms with van der Waals surface area (Å²) in [6.45, 7) is 1.71. The van der Waals surface area contributed by atoms with E-state index in [0.717, 1.165) is 38.5 Å². The van der Waals surface area contributed by atoms with E-state index in [1.807, 2.05) is 18.2 Å². The van der Waals surface area contributed by atoms with Crippen LogP contribution in [0.25, 0.3) is 5.69 Å². The van der Waals surface area contributed by atoms with Crippen LogP contribution in [-0.2, 0) is 9.59 Å². The number of hydrogen-bond donors (Lipinski definition) is 1. The highest BCUT2D eigenvalue weighted by molar-refractivity contribution is 6.36. The number of aryl methyl sites for hydroxylation is 1. The first-order chi connectivity index (χ1) is 22.2. The molecule has 1 saturated heterocycles. The third-order valence-corrected chi connectivity index (χ3v) is 9.45. The minimum atomic E-state index is -1.50. The molecule has 0 radical (unpaired) electrons. The van der Waals surface area contributed by atoms with Gasteiger partial charge in [-0.3, -0.25) is 29.3 Å². The molecule has 46 heavy (non-hydrogen) atoms. The topological polar surface area (TPSA) is 145 Å². The first-order valence-electron chi connectivity index (χ1n) is 15.6. The maximum absolute atomic E-state index is 13.7. The minimum Gasteiger partial charge on any atom is -0.293 e. The Morgan fingerprint density at radius 3 is 1.78 bits per heavy atom. The second-order valence-electron chi connectivity index (χ2n) is 11.9. The molecule has 6 rings (SSSR count). The number of benzene rings is 2. The van der Waals surface area contributed by atoms with Gasteiger partial charge in [0.2, 0.25) is 6.04 Å². The van der Waals surface area contributed by atoms with Gasteiger partial charge in [0, 0.05) is 12.1 Å². The molecule has 2 aromatic carbocycles. The lowest BCUT2D eigenvalue weighted by atomic mass is 9.91. The van der Waals surface area contributed by atoms with Gasteiger partial charge in [0.15, 0.2) is 5.69 Å². The molecule has 0 bridgehead atoms. The molecular weight excluding hydrogens is 631 g/mol. The highest BCUT2D eigenvalue weighted by Crippen LogP contribution is 2.38. The van der Waals surface area contributed by atoms with Crippen molar-refractivity contribution in [2.45, 2.75) is 89.3 Å². The number of H-pyrrole nitrogens is 1. The monoisotopic (exact) mass is 664 g/mol. The van der Waals surface area contributed by atoms with Crippen molar-refractivity contribution in [1.82, 2.24) is 19.6 Å². The number of aromatic amines is 1. The van der Waals surface area contributed by atoms with Crippen molar-refractivity contribution in [1.29, 1.82) is 0 Å². The summed E-state index contributed by atoms with van der Waals surface area (Å²) in [5, 5.41) is 19.8. The Morgan fingerprint density at radius 1 is 0.717 bits per heavy atom. The summed E-state index contributed by atoms with van der Waals surface area (Å²) >= 11 is 13.0. The van der Waals surface area contributed by atoms with Crippen LogP contribution in [0.1, 0.15) is 69.9 Å². The number of halogens is 2. The van der Waals surface area contributed by atoms with Gasteiger partial charge in [-0.2, -0.15) is 10.2 Å². The van der Waals surface area contributed by atoms with Crippen molar-refractivity contribution < 1.29 is 14.4 Å². The van der Waals surface area contributed by atoms with Crippen LogP contribution in [0.3, 0.4) is 0 Å². The first-order valence-corrected chi connectivity index (χ1v) is 16.4. The number of hydrogen-bond acceptors (Lipinski definition) is 8. The minimum absolute atomic E-state index is 0.0923. The summed E-state index contributed by atoms with van der Waals surface area (Å²) in [6, 6.07) is 9.30. The third-order valence-electron chi connectivity index (χ3n) is 8.84. The van der Waals surface area contributed by atoms with Crippen LogP contribution in [0.4, 0.5) is 21.9 Å².